The molecule has 8 nitrogen and oxygen atoms in total. The van der Waals surface area contributed by atoms with Crippen LogP contribution in [0.2, 0.25) is 0 Å². The number of amides is 2. The van der Waals surface area contributed by atoms with Crippen LogP contribution in [0.15, 0.2) is 30.5 Å². The van der Waals surface area contributed by atoms with Gasteiger partial charge >= 0.3 is 6.03 Å². The van der Waals surface area contributed by atoms with Crippen LogP contribution in [0.3, 0.4) is 0 Å². The molecule has 2 aromatic rings. The third-order valence-electron chi connectivity index (χ3n) is 4.58. The highest BCUT2D eigenvalue weighted by atomic mass is 19.1. The maximum absolute atomic E-state index is 14.0. The normalized spacial score (nSPS) is 14.4. The summed E-state index contributed by atoms with van der Waals surface area (Å²) in [5.41, 5.74) is 1.30. The fraction of sp³-hybridized carbons (Fsp3) is 0.421. The largest absolute Gasteiger partial charge is 0.394 e. The summed E-state index contributed by atoms with van der Waals surface area (Å²) in [6, 6.07) is 6.67. The van der Waals surface area contributed by atoms with E-state index >= 15 is 0 Å². The number of likely N-dealkylation sites (tertiary alicyclic amines) is 1. The predicted octanol–water partition coefficient (Wildman–Crippen LogP) is 3.03. The average Bonchev–Trinajstić information content (AvgIpc) is 2.60. The van der Waals surface area contributed by atoms with Gasteiger partial charge in [0.15, 0.2) is 11.6 Å². The third kappa shape index (κ3) is 4.86. The van der Waals surface area contributed by atoms with Crippen molar-refractivity contribution >= 4 is 29.2 Å². The molecule has 1 fully saturated rings. The monoisotopic (exact) mass is 388 g/mol. The minimum atomic E-state index is -0.597. The zero-order valence-electron chi connectivity index (χ0n) is 15.9. The lowest BCUT2D eigenvalue weighted by Gasteiger charge is -2.30. The summed E-state index contributed by atoms with van der Waals surface area (Å²) in [6.07, 6.45) is 2.10. The number of aliphatic hydroxyl groups is 1. The van der Waals surface area contributed by atoms with Gasteiger partial charge in [-0.15, -0.1) is 0 Å². The molecule has 4 N–H and O–H groups in total. The number of hydrogen-bond acceptors (Lipinski definition) is 6. The van der Waals surface area contributed by atoms with E-state index in [1.807, 2.05) is 13.8 Å². The van der Waals surface area contributed by atoms with E-state index in [4.69, 9.17) is 0 Å². The third-order valence-corrected chi connectivity index (χ3v) is 4.58. The number of halogens is 1. The van der Waals surface area contributed by atoms with Gasteiger partial charge in [-0.25, -0.2) is 14.2 Å². The van der Waals surface area contributed by atoms with Crippen molar-refractivity contribution in [2.24, 2.45) is 5.92 Å². The molecule has 3 rings (SSSR count). The molecule has 1 aliphatic heterocycles. The minimum Gasteiger partial charge on any atom is -0.394 e. The van der Waals surface area contributed by atoms with Gasteiger partial charge in [-0.2, -0.15) is 4.98 Å². The number of rotatable bonds is 7. The lowest BCUT2D eigenvalue weighted by molar-refractivity contribution is 0.181. The van der Waals surface area contributed by atoms with Crippen LogP contribution in [0.25, 0.3) is 0 Å². The number of aromatic nitrogens is 2. The molecule has 1 aromatic heterocycles. The zero-order chi connectivity index (χ0) is 20.1. The first-order valence-electron chi connectivity index (χ1n) is 9.29. The smallest absolute Gasteiger partial charge is 0.321 e. The molecular weight excluding hydrogens is 363 g/mol. The van der Waals surface area contributed by atoms with Gasteiger partial charge in [-0.3, -0.25) is 0 Å². The van der Waals surface area contributed by atoms with Gasteiger partial charge < -0.3 is 26.0 Å². The number of urea groups is 1. The number of nitrogens with one attached hydrogen (secondary N) is 3. The van der Waals surface area contributed by atoms with Crippen LogP contribution >= 0.6 is 0 Å². The molecule has 0 spiro atoms. The highest BCUT2D eigenvalue weighted by molar-refractivity contribution is 5.90. The van der Waals surface area contributed by atoms with Crippen molar-refractivity contribution < 1.29 is 14.3 Å². The van der Waals surface area contributed by atoms with Crippen LogP contribution in [0, 0.1) is 11.7 Å². The van der Waals surface area contributed by atoms with Gasteiger partial charge in [-0.05, 0) is 30.5 Å². The van der Waals surface area contributed by atoms with E-state index in [9.17, 15) is 14.3 Å². The first-order chi connectivity index (χ1) is 13.5. The minimum absolute atomic E-state index is 0.0208. The van der Waals surface area contributed by atoms with Crippen LogP contribution in [0.5, 0.6) is 0 Å². The number of aliphatic hydroxyl groups excluding tert-OH is 1. The Hall–Kier alpha value is -2.94. The fourth-order valence-electron chi connectivity index (χ4n) is 2.65. The van der Waals surface area contributed by atoms with Gasteiger partial charge in [0.2, 0.25) is 5.95 Å². The molecule has 1 aromatic carbocycles. The molecule has 28 heavy (non-hydrogen) atoms. The van der Waals surface area contributed by atoms with Gasteiger partial charge in [0, 0.05) is 24.5 Å². The van der Waals surface area contributed by atoms with Crippen LogP contribution in [0.4, 0.5) is 32.3 Å². The number of hydrogen-bond donors (Lipinski definition) is 4. The Labute approximate surface area is 163 Å². The number of carbonyl (C=O) groups is 1. The van der Waals surface area contributed by atoms with Crippen molar-refractivity contribution in [2.75, 3.05) is 35.6 Å². The molecule has 2 amide bonds. The highest BCUT2D eigenvalue weighted by Gasteiger charge is 2.20. The second-order valence-corrected chi connectivity index (χ2v) is 7.04. The molecule has 9 heteroatoms. The van der Waals surface area contributed by atoms with E-state index < -0.39 is 5.82 Å². The van der Waals surface area contributed by atoms with Crippen molar-refractivity contribution in [1.82, 2.24) is 14.9 Å². The summed E-state index contributed by atoms with van der Waals surface area (Å²) in [6.45, 7) is 5.25. The fourth-order valence-corrected chi connectivity index (χ4v) is 2.65. The van der Waals surface area contributed by atoms with E-state index in [1.165, 1.54) is 0 Å². The van der Waals surface area contributed by atoms with Crippen molar-refractivity contribution in [3.63, 3.8) is 0 Å². The van der Waals surface area contributed by atoms with Gasteiger partial charge in [0.1, 0.15) is 0 Å². The second kappa shape index (κ2) is 8.83. The Morgan fingerprint density at radius 2 is 2.07 bits per heavy atom. The molecule has 0 aliphatic carbocycles. The topological polar surface area (TPSA) is 102 Å². The summed E-state index contributed by atoms with van der Waals surface area (Å²) >= 11 is 0. The standard InChI is InChI=1S/C19H25FN6O2/c1-12(2)16(11-27)24-17-15(20)10-21-18(25-17)22-13-5-3-6-14(9-13)23-19(28)26-7-4-8-26/h3,5-6,9-10,12,16,27H,4,7-8,11H2,1-2H3,(H,23,28)(H2,21,22,24,25)/t16-/m1/s1. The van der Waals surface area contributed by atoms with Crippen molar-refractivity contribution in [3.8, 4) is 0 Å². The summed E-state index contributed by atoms with van der Waals surface area (Å²) in [7, 11) is 0. The molecule has 150 valence electrons. The Morgan fingerprint density at radius 1 is 1.32 bits per heavy atom. The molecule has 0 saturated carbocycles. The molecule has 0 bridgehead atoms. The Morgan fingerprint density at radius 3 is 2.71 bits per heavy atom. The predicted molar refractivity (Wildman–Crippen MR) is 106 cm³/mol. The summed E-state index contributed by atoms with van der Waals surface area (Å²) in [4.78, 5) is 21.9. The Bertz CT molecular complexity index is 828. The van der Waals surface area contributed by atoms with Crippen molar-refractivity contribution in [2.45, 2.75) is 26.3 Å². The van der Waals surface area contributed by atoms with Crippen LogP contribution in [-0.4, -0.2) is 51.7 Å². The van der Waals surface area contributed by atoms with Crippen LogP contribution < -0.4 is 16.0 Å². The van der Waals surface area contributed by atoms with Crippen LogP contribution in [0.1, 0.15) is 20.3 Å². The van der Waals surface area contributed by atoms with E-state index in [0.29, 0.717) is 11.4 Å². The highest BCUT2D eigenvalue weighted by Crippen LogP contribution is 2.21. The number of anilines is 4. The van der Waals surface area contributed by atoms with E-state index in [1.54, 1.807) is 29.2 Å². The number of nitrogens with zero attached hydrogens (tertiary/aromatic N) is 3. The van der Waals surface area contributed by atoms with Crippen LogP contribution in [-0.2, 0) is 0 Å². The molecule has 1 atom stereocenters. The van der Waals surface area contributed by atoms with E-state index in [0.717, 1.165) is 25.7 Å². The van der Waals surface area contributed by atoms with Gasteiger partial charge in [-0.1, -0.05) is 19.9 Å². The van der Waals surface area contributed by atoms with E-state index in [-0.39, 0.29) is 36.4 Å². The summed E-state index contributed by atoms with van der Waals surface area (Å²) < 4.78 is 14.0. The summed E-state index contributed by atoms with van der Waals surface area (Å²) in [5.74, 6) is -0.272. The van der Waals surface area contributed by atoms with Gasteiger partial charge in [0.25, 0.3) is 0 Å². The lowest BCUT2D eigenvalue weighted by Crippen LogP contribution is -2.44. The number of benzene rings is 1. The van der Waals surface area contributed by atoms with Crippen molar-refractivity contribution in [1.29, 1.82) is 0 Å². The molecule has 1 saturated heterocycles. The SMILES string of the molecule is CC(C)[C@@H](CO)Nc1nc(Nc2cccc(NC(=O)N3CCC3)c2)ncc1F. The molecule has 1 aliphatic rings. The molecule has 2 heterocycles. The van der Waals surface area contributed by atoms with Crippen molar-refractivity contribution in [3.05, 3.63) is 36.3 Å². The first kappa shape index (κ1) is 19.8. The second-order valence-electron chi connectivity index (χ2n) is 7.04. The van der Waals surface area contributed by atoms with Gasteiger partial charge in [0.05, 0.1) is 18.8 Å². The zero-order valence-corrected chi connectivity index (χ0v) is 15.9. The summed E-state index contributed by atoms with van der Waals surface area (Å²) in [5, 5.41) is 18.2. The maximum Gasteiger partial charge on any atom is 0.321 e. The lowest BCUT2D eigenvalue weighted by atomic mass is 10.1. The maximum atomic E-state index is 14.0. The number of carbonyl (C=O) groups excluding carboxylic acids is 1. The Balaban J connectivity index is 1.70. The first-order valence-corrected chi connectivity index (χ1v) is 9.29. The molecule has 0 radical (unpaired) electrons. The molecular formula is C19H25FN6O2. The quantitative estimate of drug-likeness (QED) is 0.582. The molecule has 0 unspecified atom stereocenters. The Kier molecular flexibility index (Phi) is 6.25. The average molecular weight is 388 g/mol. The van der Waals surface area contributed by atoms with E-state index in [2.05, 4.69) is 25.9 Å².